The summed E-state index contributed by atoms with van der Waals surface area (Å²) in [5.41, 5.74) is 0. The summed E-state index contributed by atoms with van der Waals surface area (Å²) in [5, 5.41) is 3.99. The van der Waals surface area contributed by atoms with Crippen molar-refractivity contribution in [2.75, 3.05) is 6.54 Å². The Labute approximate surface area is 119 Å². The molecule has 0 aliphatic heterocycles. The largest absolute Gasteiger partial charge is 0.313 e. The minimum atomic E-state index is 0.869. The van der Waals surface area contributed by atoms with E-state index < -0.39 is 0 Å². The van der Waals surface area contributed by atoms with E-state index in [1.807, 2.05) is 0 Å². The van der Waals surface area contributed by atoms with Gasteiger partial charge >= 0.3 is 0 Å². The van der Waals surface area contributed by atoms with Crippen molar-refractivity contribution in [1.29, 1.82) is 0 Å². The van der Waals surface area contributed by atoms with Gasteiger partial charge in [-0.2, -0.15) is 0 Å². The molecule has 0 radical (unpaired) electrons. The van der Waals surface area contributed by atoms with Gasteiger partial charge in [-0.3, -0.25) is 0 Å². The van der Waals surface area contributed by atoms with Crippen LogP contribution in [0, 0.1) is 23.7 Å². The Bertz CT molecular complexity index is 267. The number of hydrogen-bond donors (Lipinski definition) is 1. The van der Waals surface area contributed by atoms with Crippen LogP contribution in [0.15, 0.2) is 0 Å². The van der Waals surface area contributed by atoms with E-state index in [4.69, 9.17) is 0 Å². The quantitative estimate of drug-likeness (QED) is 0.705. The zero-order valence-electron chi connectivity index (χ0n) is 12.9. The highest BCUT2D eigenvalue weighted by Crippen LogP contribution is 2.51. The summed E-state index contributed by atoms with van der Waals surface area (Å²) >= 11 is 0. The highest BCUT2D eigenvalue weighted by molar-refractivity contribution is 4.97. The molecule has 3 aliphatic rings. The van der Waals surface area contributed by atoms with Crippen LogP contribution >= 0.6 is 0 Å². The van der Waals surface area contributed by atoms with Crippen molar-refractivity contribution in [3.05, 3.63) is 0 Å². The van der Waals surface area contributed by atoms with Crippen molar-refractivity contribution in [3.8, 4) is 0 Å². The first-order chi connectivity index (χ1) is 9.38. The van der Waals surface area contributed by atoms with Crippen molar-refractivity contribution in [3.63, 3.8) is 0 Å². The zero-order valence-corrected chi connectivity index (χ0v) is 12.9. The first-order valence-corrected chi connectivity index (χ1v) is 9.12. The molecule has 110 valence electrons. The third kappa shape index (κ3) is 3.17. The van der Waals surface area contributed by atoms with Crippen molar-refractivity contribution >= 4 is 0 Å². The molecule has 3 saturated carbocycles. The van der Waals surface area contributed by atoms with E-state index in [0.717, 1.165) is 29.7 Å². The van der Waals surface area contributed by atoms with E-state index in [1.54, 1.807) is 25.7 Å². The molecule has 4 atom stereocenters. The third-order valence-electron chi connectivity index (χ3n) is 6.29. The van der Waals surface area contributed by atoms with E-state index in [2.05, 4.69) is 12.2 Å². The lowest BCUT2D eigenvalue weighted by Gasteiger charge is -2.37. The van der Waals surface area contributed by atoms with Gasteiger partial charge in [0.2, 0.25) is 0 Å². The molecule has 3 fully saturated rings. The second kappa shape index (κ2) is 6.61. The van der Waals surface area contributed by atoms with Crippen molar-refractivity contribution in [1.82, 2.24) is 5.32 Å². The smallest absolute Gasteiger partial charge is 0.0126 e. The Morgan fingerprint density at radius 1 is 0.947 bits per heavy atom. The van der Waals surface area contributed by atoms with Gasteiger partial charge < -0.3 is 5.32 Å². The van der Waals surface area contributed by atoms with Gasteiger partial charge in [-0.05, 0) is 68.7 Å². The lowest BCUT2D eigenvalue weighted by Crippen LogP contribution is -2.44. The van der Waals surface area contributed by atoms with Gasteiger partial charge in [0.15, 0.2) is 0 Å². The number of fused-ring (bicyclic) bond motifs is 2. The highest BCUT2D eigenvalue weighted by Gasteiger charge is 2.44. The Balaban J connectivity index is 1.65. The first-order valence-electron chi connectivity index (χ1n) is 9.12. The third-order valence-corrected chi connectivity index (χ3v) is 6.29. The number of rotatable bonds is 5. The van der Waals surface area contributed by atoms with Crippen LogP contribution in [0.2, 0.25) is 0 Å². The first kappa shape index (κ1) is 13.9. The van der Waals surface area contributed by atoms with Gasteiger partial charge in [-0.25, -0.2) is 0 Å². The molecule has 3 aliphatic carbocycles. The molecule has 0 heterocycles. The van der Waals surface area contributed by atoms with Gasteiger partial charge in [0, 0.05) is 6.04 Å². The molecule has 0 aromatic carbocycles. The molecule has 4 unspecified atom stereocenters. The van der Waals surface area contributed by atoms with Crippen molar-refractivity contribution in [2.45, 2.75) is 83.6 Å². The van der Waals surface area contributed by atoms with E-state index in [1.165, 1.54) is 51.5 Å². The summed E-state index contributed by atoms with van der Waals surface area (Å²) in [6.45, 7) is 3.56. The Morgan fingerprint density at radius 2 is 1.74 bits per heavy atom. The van der Waals surface area contributed by atoms with Crippen LogP contribution in [-0.4, -0.2) is 12.6 Å². The summed E-state index contributed by atoms with van der Waals surface area (Å²) < 4.78 is 0. The van der Waals surface area contributed by atoms with Gasteiger partial charge in [0.05, 0.1) is 0 Å². The maximum atomic E-state index is 3.99. The average molecular weight is 263 g/mol. The monoisotopic (exact) mass is 263 g/mol. The van der Waals surface area contributed by atoms with Crippen LogP contribution in [0.1, 0.15) is 77.6 Å². The SMILES string of the molecule is CCCNC(C1CCCCCC1)C1CC2CCC1C2. The predicted molar refractivity (Wildman–Crippen MR) is 82.2 cm³/mol. The van der Waals surface area contributed by atoms with E-state index in [9.17, 15) is 0 Å². The van der Waals surface area contributed by atoms with Crippen LogP contribution in [0.4, 0.5) is 0 Å². The molecule has 0 spiro atoms. The zero-order chi connectivity index (χ0) is 13.1. The molecule has 0 amide bonds. The van der Waals surface area contributed by atoms with Crippen LogP contribution in [-0.2, 0) is 0 Å². The summed E-state index contributed by atoms with van der Waals surface area (Å²) in [5.74, 6) is 4.22. The fourth-order valence-electron chi connectivity index (χ4n) is 5.38. The molecule has 0 aromatic heterocycles. The minimum Gasteiger partial charge on any atom is -0.313 e. The fourth-order valence-corrected chi connectivity index (χ4v) is 5.38. The van der Waals surface area contributed by atoms with Crippen LogP contribution in [0.25, 0.3) is 0 Å². The van der Waals surface area contributed by atoms with Gasteiger partial charge in [-0.1, -0.05) is 39.0 Å². The lowest BCUT2D eigenvalue weighted by atomic mass is 9.75. The fraction of sp³-hybridized carbons (Fsp3) is 1.00. The number of nitrogens with one attached hydrogen (secondary N) is 1. The molecule has 0 aromatic rings. The topological polar surface area (TPSA) is 12.0 Å². The predicted octanol–water partition coefficient (Wildman–Crippen LogP) is 4.76. The molecular formula is C18H33N. The summed E-state index contributed by atoms with van der Waals surface area (Å²) in [4.78, 5) is 0. The molecule has 1 N–H and O–H groups in total. The van der Waals surface area contributed by atoms with Crippen molar-refractivity contribution in [2.24, 2.45) is 23.7 Å². The second-order valence-corrected chi connectivity index (χ2v) is 7.57. The maximum Gasteiger partial charge on any atom is 0.0126 e. The Hall–Kier alpha value is -0.0400. The van der Waals surface area contributed by atoms with Crippen LogP contribution in [0.3, 0.4) is 0 Å². The molecule has 19 heavy (non-hydrogen) atoms. The molecular weight excluding hydrogens is 230 g/mol. The molecule has 1 nitrogen and oxygen atoms in total. The van der Waals surface area contributed by atoms with E-state index in [0.29, 0.717) is 0 Å². The molecule has 0 saturated heterocycles. The lowest BCUT2D eigenvalue weighted by molar-refractivity contribution is 0.178. The van der Waals surface area contributed by atoms with Gasteiger partial charge in [0.25, 0.3) is 0 Å². The maximum absolute atomic E-state index is 3.99. The average Bonchev–Trinajstić information content (AvgIpc) is 2.95. The normalized spacial score (nSPS) is 37.4. The number of hydrogen-bond acceptors (Lipinski definition) is 1. The van der Waals surface area contributed by atoms with Gasteiger partial charge in [0.1, 0.15) is 0 Å². The molecule has 3 rings (SSSR count). The summed E-state index contributed by atoms with van der Waals surface area (Å²) in [6, 6.07) is 0.869. The Kier molecular flexibility index (Phi) is 4.84. The van der Waals surface area contributed by atoms with Gasteiger partial charge in [-0.15, -0.1) is 0 Å². The van der Waals surface area contributed by atoms with Crippen molar-refractivity contribution < 1.29 is 0 Å². The van der Waals surface area contributed by atoms with E-state index >= 15 is 0 Å². The highest BCUT2D eigenvalue weighted by atomic mass is 14.9. The molecule has 2 bridgehead atoms. The van der Waals surface area contributed by atoms with Crippen LogP contribution in [0.5, 0.6) is 0 Å². The summed E-state index contributed by atoms with van der Waals surface area (Å²) in [7, 11) is 0. The second-order valence-electron chi connectivity index (χ2n) is 7.57. The molecule has 1 heteroatoms. The summed E-state index contributed by atoms with van der Waals surface area (Å²) in [6.07, 6.45) is 16.5. The van der Waals surface area contributed by atoms with Crippen LogP contribution < -0.4 is 5.32 Å². The Morgan fingerprint density at radius 3 is 2.32 bits per heavy atom. The standard InChI is InChI=1S/C18H33N/c1-2-11-19-18(15-7-5-3-4-6-8-15)17-13-14-9-10-16(17)12-14/h14-19H,2-13H2,1H3. The minimum absolute atomic E-state index is 0.869. The van der Waals surface area contributed by atoms with E-state index in [-0.39, 0.29) is 0 Å².